The number of nitrogens with zero attached hydrogens (tertiary/aromatic N) is 2. The lowest BCUT2D eigenvalue weighted by molar-refractivity contribution is -0.117. The maximum atomic E-state index is 12.4. The number of hydrogen-bond donors (Lipinski definition) is 2. The fourth-order valence-electron chi connectivity index (χ4n) is 2.42. The van der Waals surface area contributed by atoms with Crippen molar-refractivity contribution in [1.29, 1.82) is 0 Å². The van der Waals surface area contributed by atoms with Gasteiger partial charge in [0.2, 0.25) is 0 Å². The molecule has 7 heteroatoms. The van der Waals surface area contributed by atoms with Crippen LogP contribution in [0, 0.1) is 0 Å². The first-order chi connectivity index (χ1) is 12.6. The number of aromatic nitrogens is 2. The van der Waals surface area contributed by atoms with Gasteiger partial charge in [-0.15, -0.1) is 0 Å². The molecule has 2 amide bonds. The zero-order valence-corrected chi connectivity index (χ0v) is 14.0. The largest absolute Gasteiger partial charge is 0.290 e. The highest BCUT2D eigenvalue weighted by molar-refractivity contribution is 6.05. The minimum absolute atomic E-state index is 0.0510. The van der Waals surface area contributed by atoms with E-state index in [0.29, 0.717) is 10.8 Å². The second-order valence-corrected chi connectivity index (χ2v) is 5.51. The molecule has 130 valence electrons. The third-order valence-electron chi connectivity index (χ3n) is 3.70. The summed E-state index contributed by atoms with van der Waals surface area (Å²) >= 11 is 0. The van der Waals surface area contributed by atoms with E-state index in [1.807, 2.05) is 30.3 Å². The molecule has 0 saturated heterocycles. The number of hydrogen-bond acceptors (Lipinski definition) is 4. The van der Waals surface area contributed by atoms with Crippen molar-refractivity contribution >= 4 is 28.7 Å². The van der Waals surface area contributed by atoms with Crippen molar-refractivity contribution in [2.75, 3.05) is 0 Å². The minimum Gasteiger partial charge on any atom is -0.268 e. The molecule has 0 aliphatic carbocycles. The molecule has 3 aromatic rings. The highest BCUT2D eigenvalue weighted by Crippen LogP contribution is 2.12. The molecule has 2 N–H and O–H groups in total. The number of rotatable bonds is 3. The molecule has 2 aromatic carbocycles. The first-order valence-electron chi connectivity index (χ1n) is 7.86. The van der Waals surface area contributed by atoms with Gasteiger partial charge in [0.05, 0.1) is 5.39 Å². The van der Waals surface area contributed by atoms with E-state index in [-0.39, 0.29) is 11.3 Å². The van der Waals surface area contributed by atoms with Crippen molar-refractivity contribution in [2.24, 2.45) is 7.05 Å². The third-order valence-corrected chi connectivity index (χ3v) is 3.70. The Balaban J connectivity index is 1.74. The molecule has 0 spiro atoms. The van der Waals surface area contributed by atoms with Crippen molar-refractivity contribution in [3.05, 3.63) is 82.3 Å². The normalized spacial score (nSPS) is 10.8. The SMILES string of the molecule is Cn1nc(C(=O)NNC(=O)/C=C/c2ccccc2)c2ccccc2c1=O. The van der Waals surface area contributed by atoms with Crippen LogP contribution in [-0.2, 0) is 11.8 Å². The van der Waals surface area contributed by atoms with Crippen LogP contribution in [-0.4, -0.2) is 21.6 Å². The summed E-state index contributed by atoms with van der Waals surface area (Å²) in [5.74, 6) is -1.10. The maximum Gasteiger partial charge on any atom is 0.290 e. The monoisotopic (exact) mass is 348 g/mol. The number of carbonyl (C=O) groups excluding carboxylic acids is 2. The van der Waals surface area contributed by atoms with Crippen LogP contribution in [0.15, 0.2) is 65.5 Å². The Morgan fingerprint density at radius 3 is 2.35 bits per heavy atom. The van der Waals surface area contributed by atoms with E-state index in [1.54, 1.807) is 30.3 Å². The van der Waals surface area contributed by atoms with Gasteiger partial charge in [0.1, 0.15) is 0 Å². The average molecular weight is 348 g/mol. The lowest BCUT2D eigenvalue weighted by atomic mass is 10.1. The van der Waals surface area contributed by atoms with Gasteiger partial charge in [-0.1, -0.05) is 48.5 Å². The average Bonchev–Trinajstić information content (AvgIpc) is 2.68. The van der Waals surface area contributed by atoms with Gasteiger partial charge in [-0.05, 0) is 17.7 Å². The van der Waals surface area contributed by atoms with Gasteiger partial charge < -0.3 is 0 Å². The number of fused-ring (bicyclic) bond motifs is 1. The van der Waals surface area contributed by atoms with Crippen molar-refractivity contribution in [1.82, 2.24) is 20.6 Å². The molecule has 7 nitrogen and oxygen atoms in total. The summed E-state index contributed by atoms with van der Waals surface area (Å²) in [5.41, 5.74) is 5.22. The maximum absolute atomic E-state index is 12.4. The van der Waals surface area contributed by atoms with Crippen LogP contribution in [0.4, 0.5) is 0 Å². The number of amides is 2. The van der Waals surface area contributed by atoms with Crippen molar-refractivity contribution in [3.8, 4) is 0 Å². The highest BCUT2D eigenvalue weighted by Gasteiger charge is 2.15. The molecule has 1 heterocycles. The Bertz CT molecular complexity index is 1060. The van der Waals surface area contributed by atoms with Crippen LogP contribution >= 0.6 is 0 Å². The zero-order chi connectivity index (χ0) is 18.5. The standard InChI is InChI=1S/C19H16N4O3/c1-23-19(26)15-10-6-5-9-14(15)17(22-23)18(25)21-20-16(24)12-11-13-7-3-2-4-8-13/h2-12H,1H3,(H,20,24)(H,21,25)/b12-11+. The van der Waals surface area contributed by atoms with E-state index in [2.05, 4.69) is 16.0 Å². The zero-order valence-electron chi connectivity index (χ0n) is 14.0. The summed E-state index contributed by atoms with van der Waals surface area (Å²) in [6.07, 6.45) is 2.93. The van der Waals surface area contributed by atoms with Gasteiger partial charge in [0.15, 0.2) is 5.69 Å². The van der Waals surface area contributed by atoms with Gasteiger partial charge in [-0.3, -0.25) is 25.2 Å². The van der Waals surface area contributed by atoms with Gasteiger partial charge in [0.25, 0.3) is 17.4 Å². The third kappa shape index (κ3) is 3.67. The smallest absolute Gasteiger partial charge is 0.268 e. The molecule has 0 bridgehead atoms. The fraction of sp³-hybridized carbons (Fsp3) is 0.0526. The molecule has 0 radical (unpaired) electrons. The molecule has 1 aromatic heterocycles. The Morgan fingerprint density at radius 2 is 1.62 bits per heavy atom. The predicted molar refractivity (Wildman–Crippen MR) is 98.1 cm³/mol. The summed E-state index contributed by atoms with van der Waals surface area (Å²) < 4.78 is 1.09. The van der Waals surface area contributed by atoms with E-state index in [9.17, 15) is 14.4 Å². The van der Waals surface area contributed by atoms with E-state index < -0.39 is 11.8 Å². The van der Waals surface area contributed by atoms with Crippen LogP contribution < -0.4 is 16.4 Å². The number of aryl methyl sites for hydroxylation is 1. The van der Waals surface area contributed by atoms with Crippen LogP contribution in [0.3, 0.4) is 0 Å². The van der Waals surface area contributed by atoms with E-state index in [0.717, 1.165) is 10.2 Å². The van der Waals surface area contributed by atoms with Crippen LogP contribution in [0.1, 0.15) is 16.1 Å². The number of nitrogens with one attached hydrogen (secondary N) is 2. The van der Waals surface area contributed by atoms with Crippen molar-refractivity contribution < 1.29 is 9.59 Å². The molecule has 26 heavy (non-hydrogen) atoms. The quantitative estimate of drug-likeness (QED) is 0.553. The molecule has 0 aliphatic heterocycles. The first-order valence-corrected chi connectivity index (χ1v) is 7.86. The second kappa shape index (κ2) is 7.43. The molecule has 0 fully saturated rings. The predicted octanol–water partition coefficient (Wildman–Crippen LogP) is 1.41. The first kappa shape index (κ1) is 17.1. The number of hydrazine groups is 1. The Labute approximate surface area is 148 Å². The molecule has 0 unspecified atom stereocenters. The van der Waals surface area contributed by atoms with Gasteiger partial charge in [0, 0.05) is 18.5 Å². The van der Waals surface area contributed by atoms with Crippen LogP contribution in [0.25, 0.3) is 16.8 Å². The number of benzene rings is 2. The lowest BCUT2D eigenvalue weighted by Gasteiger charge is -2.08. The van der Waals surface area contributed by atoms with Gasteiger partial charge >= 0.3 is 0 Å². The topological polar surface area (TPSA) is 93.1 Å². The molecule has 3 rings (SSSR count). The highest BCUT2D eigenvalue weighted by atomic mass is 16.2. The Kier molecular flexibility index (Phi) is 4.89. The molecular weight excluding hydrogens is 332 g/mol. The Hall–Kier alpha value is -3.74. The van der Waals surface area contributed by atoms with E-state index >= 15 is 0 Å². The van der Waals surface area contributed by atoms with Crippen LogP contribution in [0.5, 0.6) is 0 Å². The van der Waals surface area contributed by atoms with Crippen molar-refractivity contribution in [2.45, 2.75) is 0 Å². The fourth-order valence-corrected chi connectivity index (χ4v) is 2.42. The number of carbonyl (C=O) groups is 2. The molecular formula is C19H16N4O3. The second-order valence-electron chi connectivity index (χ2n) is 5.51. The van der Waals surface area contributed by atoms with Crippen molar-refractivity contribution in [3.63, 3.8) is 0 Å². The summed E-state index contributed by atoms with van der Waals surface area (Å²) in [6, 6.07) is 16.0. The molecule has 0 aliphatic rings. The molecule has 0 saturated carbocycles. The van der Waals surface area contributed by atoms with Gasteiger partial charge in [-0.2, -0.15) is 5.10 Å². The summed E-state index contributed by atoms with van der Waals surface area (Å²) in [6.45, 7) is 0. The molecule has 0 atom stereocenters. The Morgan fingerprint density at radius 1 is 0.962 bits per heavy atom. The summed E-state index contributed by atoms with van der Waals surface area (Å²) in [5, 5.41) is 4.79. The van der Waals surface area contributed by atoms with Crippen LogP contribution in [0.2, 0.25) is 0 Å². The minimum atomic E-state index is -0.613. The lowest BCUT2D eigenvalue weighted by Crippen LogP contribution is -2.42. The van der Waals surface area contributed by atoms with Gasteiger partial charge in [-0.25, -0.2) is 4.68 Å². The summed E-state index contributed by atoms with van der Waals surface area (Å²) in [4.78, 5) is 36.3. The van der Waals surface area contributed by atoms with E-state index in [1.165, 1.54) is 13.1 Å². The van der Waals surface area contributed by atoms with E-state index in [4.69, 9.17) is 0 Å². The summed E-state index contributed by atoms with van der Waals surface area (Å²) in [7, 11) is 1.47.